The summed E-state index contributed by atoms with van der Waals surface area (Å²) in [6.07, 6.45) is 7.16. The molecular formula is C17H34. The second-order valence-electron chi connectivity index (χ2n) is 7.01. The highest BCUT2D eigenvalue weighted by atomic mass is 14.4. The van der Waals surface area contributed by atoms with Gasteiger partial charge in [-0.2, -0.15) is 0 Å². The molecule has 0 bridgehead atoms. The Morgan fingerprint density at radius 2 is 1.47 bits per heavy atom. The lowest BCUT2D eigenvalue weighted by atomic mass is 9.84. The molecule has 0 saturated heterocycles. The molecule has 1 rings (SSSR count). The fourth-order valence-electron chi connectivity index (χ4n) is 3.22. The van der Waals surface area contributed by atoms with Gasteiger partial charge < -0.3 is 0 Å². The molecule has 0 aromatic heterocycles. The summed E-state index contributed by atoms with van der Waals surface area (Å²) in [7, 11) is 0. The van der Waals surface area contributed by atoms with Crippen molar-refractivity contribution in [3.63, 3.8) is 0 Å². The molecule has 0 heterocycles. The van der Waals surface area contributed by atoms with Crippen LogP contribution in [0, 0.1) is 35.5 Å². The van der Waals surface area contributed by atoms with Crippen LogP contribution in [0.2, 0.25) is 0 Å². The molecule has 0 heteroatoms. The lowest BCUT2D eigenvalue weighted by molar-refractivity contribution is 0.284. The van der Waals surface area contributed by atoms with E-state index in [0.717, 1.165) is 35.5 Å². The van der Waals surface area contributed by atoms with Crippen LogP contribution in [0.4, 0.5) is 0 Å². The lowest BCUT2D eigenvalue weighted by Crippen LogP contribution is -2.12. The Labute approximate surface area is 110 Å². The van der Waals surface area contributed by atoms with E-state index in [4.69, 9.17) is 0 Å². The molecule has 0 aromatic carbocycles. The van der Waals surface area contributed by atoms with E-state index in [1.807, 2.05) is 0 Å². The van der Waals surface area contributed by atoms with Crippen molar-refractivity contribution in [2.45, 2.75) is 73.6 Å². The standard InChI is InChI=1S/C17H34/c1-7-12(2)13(3)9-8-10-14(4)16(6)17-11-15(17)5/h12-17H,7-11H2,1-6H3. The summed E-state index contributed by atoms with van der Waals surface area (Å²) in [5.74, 6) is 5.80. The van der Waals surface area contributed by atoms with E-state index in [-0.39, 0.29) is 0 Å². The van der Waals surface area contributed by atoms with Gasteiger partial charge in [-0.1, -0.05) is 67.2 Å². The molecule has 0 nitrogen and oxygen atoms in total. The van der Waals surface area contributed by atoms with Gasteiger partial charge in [0.25, 0.3) is 0 Å². The van der Waals surface area contributed by atoms with Crippen LogP contribution >= 0.6 is 0 Å². The minimum atomic E-state index is 0.909. The van der Waals surface area contributed by atoms with Gasteiger partial charge in [-0.15, -0.1) is 0 Å². The summed E-state index contributed by atoms with van der Waals surface area (Å²) in [4.78, 5) is 0. The molecule has 0 spiro atoms. The van der Waals surface area contributed by atoms with Crippen LogP contribution in [-0.2, 0) is 0 Å². The van der Waals surface area contributed by atoms with Crippen molar-refractivity contribution in [3.8, 4) is 0 Å². The van der Waals surface area contributed by atoms with Crippen molar-refractivity contribution in [3.05, 3.63) is 0 Å². The van der Waals surface area contributed by atoms with E-state index in [2.05, 4.69) is 41.5 Å². The van der Waals surface area contributed by atoms with E-state index in [9.17, 15) is 0 Å². The minimum absolute atomic E-state index is 0.909. The molecule has 1 aliphatic carbocycles. The van der Waals surface area contributed by atoms with E-state index >= 15 is 0 Å². The van der Waals surface area contributed by atoms with Gasteiger partial charge in [-0.3, -0.25) is 0 Å². The first-order valence-corrected chi connectivity index (χ1v) is 7.97. The van der Waals surface area contributed by atoms with Crippen LogP contribution < -0.4 is 0 Å². The monoisotopic (exact) mass is 238 g/mol. The van der Waals surface area contributed by atoms with Crippen molar-refractivity contribution in [2.75, 3.05) is 0 Å². The lowest BCUT2D eigenvalue weighted by Gasteiger charge is -2.22. The Bertz CT molecular complexity index is 208. The third-order valence-electron chi connectivity index (χ3n) is 5.68. The van der Waals surface area contributed by atoms with Crippen LogP contribution in [0.3, 0.4) is 0 Å². The topological polar surface area (TPSA) is 0 Å². The first kappa shape index (κ1) is 15.1. The van der Waals surface area contributed by atoms with Gasteiger partial charge in [0, 0.05) is 0 Å². The smallest absolute Gasteiger partial charge is 0.0357 e. The van der Waals surface area contributed by atoms with Crippen molar-refractivity contribution < 1.29 is 0 Å². The summed E-state index contributed by atoms with van der Waals surface area (Å²) in [6, 6.07) is 0. The predicted octanol–water partition coefficient (Wildman–Crippen LogP) is 5.77. The number of rotatable bonds is 8. The normalized spacial score (nSPS) is 30.7. The quantitative estimate of drug-likeness (QED) is 0.504. The minimum Gasteiger partial charge on any atom is -0.0651 e. The van der Waals surface area contributed by atoms with Crippen LogP contribution in [0.1, 0.15) is 73.6 Å². The Morgan fingerprint density at radius 1 is 0.941 bits per heavy atom. The van der Waals surface area contributed by atoms with Gasteiger partial charge in [0.2, 0.25) is 0 Å². The van der Waals surface area contributed by atoms with Gasteiger partial charge in [0.05, 0.1) is 0 Å². The van der Waals surface area contributed by atoms with Gasteiger partial charge in [-0.05, 0) is 41.9 Å². The van der Waals surface area contributed by atoms with Crippen LogP contribution in [-0.4, -0.2) is 0 Å². The first-order chi connectivity index (χ1) is 7.97. The molecule has 6 atom stereocenters. The maximum absolute atomic E-state index is 2.48. The van der Waals surface area contributed by atoms with Crippen molar-refractivity contribution >= 4 is 0 Å². The summed E-state index contributed by atoms with van der Waals surface area (Å²) >= 11 is 0. The first-order valence-electron chi connectivity index (χ1n) is 7.97. The molecule has 0 aromatic rings. The SMILES string of the molecule is CCC(C)C(C)CCCC(C)C(C)C1CC1C. The van der Waals surface area contributed by atoms with E-state index < -0.39 is 0 Å². The third-order valence-corrected chi connectivity index (χ3v) is 5.68. The molecular weight excluding hydrogens is 204 g/mol. The molecule has 0 N–H and O–H groups in total. The van der Waals surface area contributed by atoms with Crippen LogP contribution in [0.5, 0.6) is 0 Å². The van der Waals surface area contributed by atoms with Gasteiger partial charge >= 0.3 is 0 Å². The maximum atomic E-state index is 2.48. The van der Waals surface area contributed by atoms with Gasteiger partial charge in [0.1, 0.15) is 0 Å². The Kier molecular flexibility index (Phi) is 6.03. The second kappa shape index (κ2) is 6.81. The molecule has 102 valence electrons. The number of hydrogen-bond donors (Lipinski definition) is 0. The van der Waals surface area contributed by atoms with E-state index in [1.54, 1.807) is 0 Å². The molecule has 1 fully saturated rings. The summed E-state index contributed by atoms with van der Waals surface area (Å²) < 4.78 is 0. The fraction of sp³-hybridized carbons (Fsp3) is 1.00. The molecule has 6 unspecified atom stereocenters. The fourth-order valence-corrected chi connectivity index (χ4v) is 3.22. The molecule has 0 amide bonds. The van der Waals surface area contributed by atoms with Gasteiger partial charge in [0.15, 0.2) is 0 Å². The highest BCUT2D eigenvalue weighted by Crippen LogP contribution is 2.47. The maximum Gasteiger partial charge on any atom is -0.0357 e. The molecule has 17 heavy (non-hydrogen) atoms. The summed E-state index contributed by atoms with van der Waals surface area (Å²) in [5.41, 5.74) is 0. The average molecular weight is 238 g/mol. The largest absolute Gasteiger partial charge is 0.0651 e. The predicted molar refractivity (Wildman–Crippen MR) is 78.1 cm³/mol. The molecule has 0 aliphatic heterocycles. The average Bonchev–Trinajstić information content (AvgIpc) is 3.03. The highest BCUT2D eigenvalue weighted by Gasteiger charge is 2.38. The molecule has 1 saturated carbocycles. The zero-order chi connectivity index (χ0) is 13.0. The third kappa shape index (κ3) is 4.64. The Balaban J connectivity index is 2.13. The van der Waals surface area contributed by atoms with Gasteiger partial charge in [-0.25, -0.2) is 0 Å². The van der Waals surface area contributed by atoms with E-state index in [1.165, 1.54) is 32.1 Å². The zero-order valence-electron chi connectivity index (χ0n) is 13.0. The summed E-state index contributed by atoms with van der Waals surface area (Å²) in [6.45, 7) is 14.5. The highest BCUT2D eigenvalue weighted by molar-refractivity contribution is 4.88. The van der Waals surface area contributed by atoms with Crippen molar-refractivity contribution in [2.24, 2.45) is 35.5 Å². The van der Waals surface area contributed by atoms with Crippen LogP contribution in [0.25, 0.3) is 0 Å². The molecule has 0 radical (unpaired) electrons. The van der Waals surface area contributed by atoms with Crippen LogP contribution in [0.15, 0.2) is 0 Å². The zero-order valence-corrected chi connectivity index (χ0v) is 13.0. The van der Waals surface area contributed by atoms with Crippen molar-refractivity contribution in [1.29, 1.82) is 0 Å². The Morgan fingerprint density at radius 3 is 1.94 bits per heavy atom. The van der Waals surface area contributed by atoms with Crippen molar-refractivity contribution in [1.82, 2.24) is 0 Å². The molecule has 1 aliphatic rings. The Hall–Kier alpha value is 0. The van der Waals surface area contributed by atoms with E-state index in [0.29, 0.717) is 0 Å². The second-order valence-corrected chi connectivity index (χ2v) is 7.01. The summed E-state index contributed by atoms with van der Waals surface area (Å²) in [5, 5.41) is 0. The number of hydrogen-bond acceptors (Lipinski definition) is 0.